The van der Waals surface area contributed by atoms with Gasteiger partial charge in [0.2, 0.25) is 0 Å². The number of nitrogens with zero attached hydrogens (tertiary/aromatic N) is 3. The lowest BCUT2D eigenvalue weighted by atomic mass is 10.1. The van der Waals surface area contributed by atoms with Crippen LogP contribution >= 0.6 is 0 Å². The molecule has 0 amide bonds. The molecule has 3 rings (SSSR count). The number of rotatable bonds is 2. The van der Waals surface area contributed by atoms with Crippen LogP contribution in [0.15, 0.2) is 40.8 Å². The molecule has 0 saturated carbocycles. The zero-order valence-electron chi connectivity index (χ0n) is 10.8. The number of nitriles is 1. The Labute approximate surface area is 122 Å². The smallest absolute Gasteiger partial charge is 0.417 e. The average Bonchev–Trinajstić information content (AvgIpc) is 3.14. The molecular formula is C14H7F3N4O. The summed E-state index contributed by atoms with van der Waals surface area (Å²) in [5, 5.41) is 18.5. The van der Waals surface area contributed by atoms with Gasteiger partial charge >= 0.3 is 6.18 Å². The average molecular weight is 304 g/mol. The first-order chi connectivity index (χ1) is 10.5. The molecule has 8 heteroatoms. The van der Waals surface area contributed by atoms with E-state index in [1.54, 1.807) is 0 Å². The molecular weight excluding hydrogens is 297 g/mol. The van der Waals surface area contributed by atoms with Gasteiger partial charge in [0.1, 0.15) is 11.8 Å². The molecule has 1 N–H and O–H groups in total. The zero-order chi connectivity index (χ0) is 15.7. The molecule has 3 aromatic rings. The lowest BCUT2D eigenvalue weighted by Gasteiger charge is -2.10. The van der Waals surface area contributed by atoms with Crippen LogP contribution in [0.25, 0.3) is 22.8 Å². The van der Waals surface area contributed by atoms with Crippen molar-refractivity contribution in [3.05, 3.63) is 47.7 Å². The Morgan fingerprint density at radius 1 is 1.05 bits per heavy atom. The van der Waals surface area contributed by atoms with Gasteiger partial charge in [-0.1, -0.05) is 18.2 Å². The summed E-state index contributed by atoms with van der Waals surface area (Å²) < 4.78 is 44.5. The lowest BCUT2D eigenvalue weighted by Crippen LogP contribution is -2.06. The number of hydrogen-bond donors (Lipinski definition) is 1. The highest BCUT2D eigenvalue weighted by Gasteiger charge is 2.34. The molecule has 22 heavy (non-hydrogen) atoms. The predicted molar refractivity (Wildman–Crippen MR) is 69.2 cm³/mol. The maximum Gasteiger partial charge on any atom is 0.417 e. The van der Waals surface area contributed by atoms with Gasteiger partial charge in [0.05, 0.1) is 5.56 Å². The second kappa shape index (κ2) is 5.04. The van der Waals surface area contributed by atoms with Gasteiger partial charge in [-0.3, -0.25) is 0 Å². The first-order valence-electron chi connectivity index (χ1n) is 6.08. The summed E-state index contributed by atoms with van der Waals surface area (Å²) in [5.41, 5.74) is -0.719. The molecule has 0 aliphatic carbocycles. The third-order valence-corrected chi connectivity index (χ3v) is 2.99. The Kier molecular flexibility index (Phi) is 3.18. The number of alkyl halides is 3. The number of aromatic amines is 1. The van der Waals surface area contributed by atoms with E-state index in [1.165, 1.54) is 30.3 Å². The molecule has 0 fully saturated rings. The summed E-state index contributed by atoms with van der Waals surface area (Å²) in [7, 11) is 0. The summed E-state index contributed by atoms with van der Waals surface area (Å²) in [6, 6.07) is 9.75. The van der Waals surface area contributed by atoms with Crippen LogP contribution in [0.2, 0.25) is 0 Å². The molecule has 0 unspecified atom stereocenters. The molecule has 0 saturated heterocycles. The summed E-state index contributed by atoms with van der Waals surface area (Å²) in [5.74, 6) is 0.201. The fourth-order valence-electron chi connectivity index (χ4n) is 2.04. The number of hydrogen-bond acceptors (Lipinski definition) is 4. The molecule has 5 nitrogen and oxygen atoms in total. The number of H-pyrrole nitrogens is 1. The van der Waals surface area contributed by atoms with Crippen molar-refractivity contribution in [3.8, 4) is 28.8 Å². The summed E-state index contributed by atoms with van der Waals surface area (Å²) in [6.45, 7) is 0. The van der Waals surface area contributed by atoms with E-state index in [9.17, 15) is 13.2 Å². The fraction of sp³-hybridized carbons (Fsp3) is 0.0714. The van der Waals surface area contributed by atoms with Crippen molar-refractivity contribution in [2.24, 2.45) is 0 Å². The number of furan rings is 1. The Morgan fingerprint density at radius 3 is 2.50 bits per heavy atom. The fourth-order valence-corrected chi connectivity index (χ4v) is 2.04. The molecule has 0 aliphatic rings. The van der Waals surface area contributed by atoms with E-state index in [0.717, 1.165) is 6.07 Å². The van der Waals surface area contributed by atoms with Crippen molar-refractivity contribution in [1.29, 1.82) is 5.26 Å². The summed E-state index contributed by atoms with van der Waals surface area (Å²) >= 11 is 0. The van der Waals surface area contributed by atoms with Crippen molar-refractivity contribution < 1.29 is 17.6 Å². The second-order valence-electron chi connectivity index (χ2n) is 4.34. The molecule has 0 spiro atoms. The quantitative estimate of drug-likeness (QED) is 0.784. The molecule has 0 bridgehead atoms. The van der Waals surface area contributed by atoms with Gasteiger partial charge in [-0.15, -0.1) is 5.10 Å². The number of nitrogens with one attached hydrogen (secondary N) is 1. The van der Waals surface area contributed by atoms with Gasteiger partial charge in [0, 0.05) is 5.56 Å². The molecule has 110 valence electrons. The van der Waals surface area contributed by atoms with Gasteiger partial charge in [0.15, 0.2) is 17.1 Å². The highest BCUT2D eigenvalue weighted by molar-refractivity contribution is 5.67. The standard InChI is InChI=1S/C14H7F3N4O/c15-14(16,17)9-4-2-1-3-8(9)11-5-6-12(22-11)13-10(7-18)19-21-20-13/h1-6H,(H,19,20,21). The zero-order valence-corrected chi connectivity index (χ0v) is 10.8. The van der Waals surface area contributed by atoms with Gasteiger partial charge in [-0.25, -0.2) is 0 Å². The van der Waals surface area contributed by atoms with Crippen molar-refractivity contribution in [1.82, 2.24) is 15.4 Å². The minimum absolute atomic E-state index is 0.00464. The van der Waals surface area contributed by atoms with Crippen molar-refractivity contribution >= 4 is 0 Å². The van der Waals surface area contributed by atoms with Crippen molar-refractivity contribution in [2.75, 3.05) is 0 Å². The lowest BCUT2D eigenvalue weighted by molar-refractivity contribution is -0.137. The van der Waals surface area contributed by atoms with Crippen molar-refractivity contribution in [2.45, 2.75) is 6.18 Å². The molecule has 2 heterocycles. The third kappa shape index (κ3) is 2.33. The Morgan fingerprint density at radius 2 is 1.77 bits per heavy atom. The summed E-state index contributed by atoms with van der Waals surface area (Å²) in [4.78, 5) is 0. The van der Waals surface area contributed by atoms with E-state index < -0.39 is 11.7 Å². The largest absolute Gasteiger partial charge is 0.454 e. The molecule has 1 aromatic carbocycles. The van der Waals surface area contributed by atoms with E-state index in [-0.39, 0.29) is 28.5 Å². The molecule has 2 aromatic heterocycles. The normalized spacial score (nSPS) is 11.4. The Bertz CT molecular complexity index is 857. The molecule has 0 radical (unpaired) electrons. The first-order valence-corrected chi connectivity index (χ1v) is 6.08. The highest BCUT2D eigenvalue weighted by atomic mass is 19.4. The van der Waals surface area contributed by atoms with E-state index >= 15 is 0 Å². The third-order valence-electron chi connectivity index (χ3n) is 2.99. The van der Waals surface area contributed by atoms with Gasteiger partial charge in [0.25, 0.3) is 0 Å². The highest BCUT2D eigenvalue weighted by Crippen LogP contribution is 2.38. The number of halogens is 3. The van der Waals surface area contributed by atoms with Gasteiger partial charge in [-0.05, 0) is 18.2 Å². The van der Waals surface area contributed by atoms with Crippen LogP contribution in [0.4, 0.5) is 13.2 Å². The Hall–Kier alpha value is -3.08. The maximum atomic E-state index is 13.0. The SMILES string of the molecule is N#Cc1n[nH]nc1-c1ccc(-c2ccccc2C(F)(F)F)o1. The minimum atomic E-state index is -4.49. The van der Waals surface area contributed by atoms with E-state index in [2.05, 4.69) is 15.4 Å². The van der Waals surface area contributed by atoms with Crippen LogP contribution in [0.3, 0.4) is 0 Å². The van der Waals surface area contributed by atoms with Gasteiger partial charge in [-0.2, -0.15) is 28.7 Å². The number of aromatic nitrogens is 3. The second-order valence-corrected chi connectivity index (χ2v) is 4.34. The van der Waals surface area contributed by atoms with Crippen LogP contribution in [0.1, 0.15) is 11.3 Å². The van der Waals surface area contributed by atoms with Crippen LogP contribution in [-0.4, -0.2) is 15.4 Å². The van der Waals surface area contributed by atoms with E-state index in [4.69, 9.17) is 9.68 Å². The van der Waals surface area contributed by atoms with E-state index in [1.807, 2.05) is 6.07 Å². The van der Waals surface area contributed by atoms with Crippen molar-refractivity contribution in [3.63, 3.8) is 0 Å². The van der Waals surface area contributed by atoms with Crippen LogP contribution in [-0.2, 0) is 6.18 Å². The minimum Gasteiger partial charge on any atom is -0.454 e. The Balaban J connectivity index is 2.08. The van der Waals surface area contributed by atoms with Gasteiger partial charge < -0.3 is 4.42 Å². The van der Waals surface area contributed by atoms with Crippen LogP contribution < -0.4 is 0 Å². The molecule has 0 atom stereocenters. The predicted octanol–water partition coefficient (Wildman–Crippen LogP) is 3.62. The maximum absolute atomic E-state index is 13.0. The topological polar surface area (TPSA) is 78.5 Å². The summed E-state index contributed by atoms with van der Waals surface area (Å²) in [6.07, 6.45) is -4.49. The van der Waals surface area contributed by atoms with Crippen LogP contribution in [0.5, 0.6) is 0 Å². The molecule has 0 aliphatic heterocycles. The monoisotopic (exact) mass is 304 g/mol. The first kappa shape index (κ1) is 13.9. The number of benzene rings is 1. The van der Waals surface area contributed by atoms with E-state index in [0.29, 0.717) is 0 Å². The van der Waals surface area contributed by atoms with Crippen LogP contribution in [0, 0.1) is 11.3 Å².